The van der Waals surface area contributed by atoms with Crippen molar-refractivity contribution < 1.29 is 39.1 Å². The number of rotatable bonds is 7. The van der Waals surface area contributed by atoms with E-state index in [9.17, 15) is 20.1 Å². The van der Waals surface area contributed by atoms with Gasteiger partial charge in [-0.2, -0.15) is 0 Å². The Kier molecular flexibility index (Phi) is 7.07. The molecular weight excluding hydrogens is 418 g/mol. The van der Waals surface area contributed by atoms with Crippen LogP contribution in [0.3, 0.4) is 0 Å². The van der Waals surface area contributed by atoms with Crippen molar-refractivity contribution in [3.63, 3.8) is 0 Å². The number of carbonyl (C=O) groups excluding carboxylic acids is 1. The number of aliphatic hydroxyl groups is 3. The number of carbonyl (C=O) groups is 1. The fraction of sp³-hybridized carbons (Fsp3) is 0.783. The van der Waals surface area contributed by atoms with Crippen LogP contribution in [0.4, 0.5) is 0 Å². The van der Waals surface area contributed by atoms with E-state index in [1.54, 1.807) is 0 Å². The molecule has 0 amide bonds. The molecule has 1 aliphatic carbocycles. The van der Waals surface area contributed by atoms with Crippen molar-refractivity contribution >= 4 is 5.78 Å². The summed E-state index contributed by atoms with van der Waals surface area (Å²) in [7, 11) is 0. The van der Waals surface area contributed by atoms with Gasteiger partial charge in [-0.1, -0.05) is 6.92 Å². The summed E-state index contributed by atoms with van der Waals surface area (Å²) in [6.07, 6.45) is -1.84. The lowest BCUT2D eigenvalue weighted by atomic mass is 9.97. The third-order valence-electron chi connectivity index (χ3n) is 7.07. The van der Waals surface area contributed by atoms with E-state index in [-0.39, 0.29) is 66.3 Å². The minimum atomic E-state index is -1.12. The maximum absolute atomic E-state index is 12.1. The number of nitrogens with zero attached hydrogens (tertiary/aromatic N) is 1. The molecule has 0 aromatic carbocycles. The van der Waals surface area contributed by atoms with Gasteiger partial charge in [-0.15, -0.1) is 0 Å². The Bertz CT molecular complexity index is 795. The highest BCUT2D eigenvalue weighted by Crippen LogP contribution is 2.41. The average Bonchev–Trinajstić information content (AvgIpc) is 3.24. The first-order valence-corrected chi connectivity index (χ1v) is 11.6. The minimum absolute atomic E-state index is 0.0256. The van der Waals surface area contributed by atoms with Crippen molar-refractivity contribution in [2.75, 3.05) is 19.8 Å². The highest BCUT2D eigenvalue weighted by atomic mass is 16.7. The van der Waals surface area contributed by atoms with Crippen LogP contribution in [0.25, 0.3) is 0 Å². The van der Waals surface area contributed by atoms with E-state index in [2.05, 4.69) is 4.90 Å². The van der Waals surface area contributed by atoms with Gasteiger partial charge in [0.2, 0.25) is 0 Å². The monoisotopic (exact) mass is 453 g/mol. The lowest BCUT2D eigenvalue weighted by Gasteiger charge is -2.41. The van der Waals surface area contributed by atoms with Crippen LogP contribution in [0.1, 0.15) is 47.0 Å². The normalized spacial score (nSPS) is 38.8. The molecule has 3 saturated heterocycles. The van der Waals surface area contributed by atoms with Crippen molar-refractivity contribution in [3.05, 3.63) is 22.5 Å². The predicted octanol–water partition coefficient (Wildman–Crippen LogP) is 1.19. The molecular formula is C23H35NO8. The Morgan fingerprint density at radius 3 is 2.66 bits per heavy atom. The Labute approximate surface area is 188 Å². The number of morpholine rings is 1. The van der Waals surface area contributed by atoms with Crippen molar-refractivity contribution in [1.29, 1.82) is 0 Å². The lowest BCUT2D eigenvalue weighted by molar-refractivity contribution is -0.236. The number of fused-ring (bicyclic) bond motifs is 3. The highest BCUT2D eigenvalue weighted by molar-refractivity contribution is 5.99. The van der Waals surface area contributed by atoms with Gasteiger partial charge in [-0.3, -0.25) is 9.69 Å². The molecule has 0 saturated carbocycles. The van der Waals surface area contributed by atoms with Crippen LogP contribution in [0.15, 0.2) is 22.5 Å². The summed E-state index contributed by atoms with van der Waals surface area (Å²) in [5, 5.41) is 31.3. The van der Waals surface area contributed by atoms with E-state index in [1.807, 2.05) is 20.8 Å². The van der Waals surface area contributed by atoms with Crippen LogP contribution >= 0.6 is 0 Å². The smallest absolute Gasteiger partial charge is 0.163 e. The summed E-state index contributed by atoms with van der Waals surface area (Å²) in [4.78, 5) is 14.4. The predicted molar refractivity (Wildman–Crippen MR) is 114 cm³/mol. The summed E-state index contributed by atoms with van der Waals surface area (Å²) in [5.74, 6) is -0.551. The molecule has 0 aromatic heterocycles. The third kappa shape index (κ3) is 4.04. The van der Waals surface area contributed by atoms with Crippen LogP contribution in [-0.4, -0.2) is 94.8 Å². The van der Waals surface area contributed by atoms with Gasteiger partial charge in [-0.05, 0) is 32.8 Å². The second-order valence-electron chi connectivity index (χ2n) is 9.03. The molecule has 0 radical (unpaired) electrons. The van der Waals surface area contributed by atoms with Gasteiger partial charge in [0.05, 0.1) is 30.5 Å². The molecule has 8 atom stereocenters. The number of ketones is 1. The molecule has 9 heteroatoms. The Hall–Kier alpha value is -1.33. The second kappa shape index (κ2) is 9.50. The number of Topliss-reactive ketones (excluding diaryl/α,β-unsaturated/α-hetero) is 1. The number of hydrogen-bond donors (Lipinski definition) is 3. The van der Waals surface area contributed by atoms with Gasteiger partial charge in [0.1, 0.15) is 24.2 Å². The molecule has 0 spiro atoms. The molecule has 32 heavy (non-hydrogen) atoms. The van der Waals surface area contributed by atoms with Crippen LogP contribution in [-0.2, 0) is 23.7 Å². The van der Waals surface area contributed by atoms with Crippen LogP contribution < -0.4 is 0 Å². The minimum Gasteiger partial charge on any atom is -0.507 e. The number of ether oxygens (including phenoxy) is 4. The largest absolute Gasteiger partial charge is 0.507 e. The SMILES string of the molecule is CCC1=C(C(C)=O)C(O)=C([C@H](CCO)O[C@H]2CC3C(OC4C(C)OCCN34)C(C)O2)[C@H]1O. The van der Waals surface area contributed by atoms with Gasteiger partial charge in [0, 0.05) is 37.6 Å². The van der Waals surface area contributed by atoms with Gasteiger partial charge in [0.15, 0.2) is 12.1 Å². The Morgan fingerprint density at radius 2 is 2.03 bits per heavy atom. The second-order valence-corrected chi connectivity index (χ2v) is 9.03. The lowest BCUT2D eigenvalue weighted by Crippen LogP contribution is -2.54. The standard InChI is InChI=1S/C23H35NO8/c1-5-14-18(11(2)26)21(28)19(20(14)27)16(6-8-25)31-17-10-15-22(12(3)30-17)32-23-13(4)29-9-7-24(15)23/h12-13,15-17,20,22-23,25,27-28H,5-10H2,1-4H3/t12?,13?,15?,16-,17-,20-,22?,23?/m0/s1. The molecule has 4 aliphatic rings. The number of hydrogen-bond acceptors (Lipinski definition) is 9. The van der Waals surface area contributed by atoms with Gasteiger partial charge in [-0.25, -0.2) is 0 Å². The molecule has 9 nitrogen and oxygen atoms in total. The van der Waals surface area contributed by atoms with Crippen molar-refractivity contribution in [2.24, 2.45) is 0 Å². The fourth-order valence-corrected chi connectivity index (χ4v) is 5.60. The summed E-state index contributed by atoms with van der Waals surface area (Å²) in [6, 6.07) is 0.100. The van der Waals surface area contributed by atoms with E-state index in [0.29, 0.717) is 25.0 Å². The maximum atomic E-state index is 12.1. The van der Waals surface area contributed by atoms with E-state index >= 15 is 0 Å². The average molecular weight is 454 g/mol. The zero-order valence-corrected chi connectivity index (χ0v) is 19.2. The van der Waals surface area contributed by atoms with Crippen LogP contribution in [0, 0.1) is 0 Å². The van der Waals surface area contributed by atoms with E-state index in [1.165, 1.54) is 6.92 Å². The van der Waals surface area contributed by atoms with E-state index < -0.39 is 18.5 Å². The molecule has 3 aliphatic heterocycles. The summed E-state index contributed by atoms with van der Waals surface area (Å²) >= 11 is 0. The van der Waals surface area contributed by atoms with Gasteiger partial charge < -0.3 is 34.3 Å². The third-order valence-corrected chi connectivity index (χ3v) is 7.07. The van der Waals surface area contributed by atoms with Crippen molar-refractivity contribution in [1.82, 2.24) is 4.90 Å². The van der Waals surface area contributed by atoms with E-state index in [4.69, 9.17) is 18.9 Å². The summed E-state index contributed by atoms with van der Waals surface area (Å²) in [6.45, 7) is 8.36. The molecule has 180 valence electrons. The quantitative estimate of drug-likeness (QED) is 0.522. The molecule has 3 heterocycles. The van der Waals surface area contributed by atoms with Crippen LogP contribution in [0.2, 0.25) is 0 Å². The molecule has 4 rings (SSSR count). The van der Waals surface area contributed by atoms with Gasteiger partial charge >= 0.3 is 0 Å². The highest BCUT2D eigenvalue weighted by Gasteiger charge is 2.52. The summed E-state index contributed by atoms with van der Waals surface area (Å²) < 4.78 is 24.3. The zero-order chi connectivity index (χ0) is 23.2. The topological polar surface area (TPSA) is 118 Å². The molecule has 3 N–H and O–H groups in total. The fourth-order valence-electron chi connectivity index (χ4n) is 5.60. The Morgan fingerprint density at radius 1 is 1.28 bits per heavy atom. The number of allylic oxidation sites excluding steroid dienone is 1. The first-order valence-electron chi connectivity index (χ1n) is 11.6. The zero-order valence-electron chi connectivity index (χ0n) is 19.2. The Balaban J connectivity index is 1.54. The first kappa shape index (κ1) is 23.8. The summed E-state index contributed by atoms with van der Waals surface area (Å²) in [5.41, 5.74) is 0.845. The molecule has 0 bridgehead atoms. The molecule has 3 fully saturated rings. The number of aliphatic hydroxyl groups excluding tert-OH is 3. The van der Waals surface area contributed by atoms with Gasteiger partial charge in [0.25, 0.3) is 0 Å². The van der Waals surface area contributed by atoms with E-state index in [0.717, 1.165) is 6.54 Å². The van der Waals surface area contributed by atoms with Crippen molar-refractivity contribution in [3.8, 4) is 0 Å². The first-order chi connectivity index (χ1) is 15.3. The molecule has 5 unspecified atom stereocenters. The molecule has 0 aromatic rings. The van der Waals surface area contributed by atoms with Crippen molar-refractivity contribution in [2.45, 2.75) is 96.0 Å². The maximum Gasteiger partial charge on any atom is 0.163 e. The van der Waals surface area contributed by atoms with Crippen LogP contribution in [0.5, 0.6) is 0 Å².